The van der Waals surface area contributed by atoms with Crippen LogP contribution in [0.2, 0.25) is 0 Å². The molecule has 0 aliphatic carbocycles. The molecular formula is C18H14FN5. The highest BCUT2D eigenvalue weighted by molar-refractivity contribution is 6.01. The van der Waals surface area contributed by atoms with Crippen molar-refractivity contribution in [3.8, 4) is 16.8 Å². The van der Waals surface area contributed by atoms with Crippen LogP contribution in [0, 0.1) is 5.82 Å². The minimum absolute atomic E-state index is 0.280. The molecule has 6 heteroatoms. The highest BCUT2D eigenvalue weighted by Crippen LogP contribution is 2.34. The molecule has 0 spiro atoms. The van der Waals surface area contributed by atoms with Gasteiger partial charge in [0.05, 0.1) is 5.39 Å². The molecule has 0 bridgehead atoms. The predicted molar refractivity (Wildman–Crippen MR) is 92.1 cm³/mol. The number of nitrogens with two attached hydrogens (primary N) is 1. The predicted octanol–water partition coefficient (Wildman–Crippen LogP) is 3.51. The van der Waals surface area contributed by atoms with E-state index in [0.717, 1.165) is 22.2 Å². The number of nitrogens with zero attached hydrogens (tertiary/aromatic N) is 3. The SMILES string of the molecule is NNc1ncnc2c1c(-c1ccccc1)cn2-c1ccc(F)cc1. The molecule has 0 unspecified atom stereocenters. The first-order valence-electron chi connectivity index (χ1n) is 7.42. The molecule has 0 aliphatic heterocycles. The van der Waals surface area contributed by atoms with E-state index >= 15 is 0 Å². The molecule has 0 radical (unpaired) electrons. The number of benzene rings is 2. The molecule has 118 valence electrons. The van der Waals surface area contributed by atoms with E-state index < -0.39 is 0 Å². The minimum atomic E-state index is -0.280. The fourth-order valence-electron chi connectivity index (χ4n) is 2.81. The van der Waals surface area contributed by atoms with Gasteiger partial charge in [-0.05, 0) is 29.8 Å². The summed E-state index contributed by atoms with van der Waals surface area (Å²) in [6.45, 7) is 0. The van der Waals surface area contributed by atoms with E-state index in [1.165, 1.54) is 18.5 Å². The van der Waals surface area contributed by atoms with Gasteiger partial charge in [0.15, 0.2) is 11.5 Å². The van der Waals surface area contributed by atoms with E-state index in [1.807, 2.05) is 41.1 Å². The van der Waals surface area contributed by atoms with Crippen LogP contribution in [0.5, 0.6) is 0 Å². The average Bonchev–Trinajstić information content (AvgIpc) is 3.03. The third-order valence-corrected chi connectivity index (χ3v) is 3.91. The second-order valence-corrected chi connectivity index (χ2v) is 5.32. The summed E-state index contributed by atoms with van der Waals surface area (Å²) in [5.74, 6) is 5.89. The molecule has 0 saturated heterocycles. The molecule has 2 heterocycles. The lowest BCUT2D eigenvalue weighted by Gasteiger charge is -2.05. The Morgan fingerprint density at radius 3 is 2.42 bits per heavy atom. The van der Waals surface area contributed by atoms with Crippen LogP contribution in [0.3, 0.4) is 0 Å². The molecule has 3 N–H and O–H groups in total. The number of hydrogen-bond acceptors (Lipinski definition) is 4. The number of halogens is 1. The average molecular weight is 319 g/mol. The maximum atomic E-state index is 13.2. The van der Waals surface area contributed by atoms with Crippen LogP contribution in [0.25, 0.3) is 27.8 Å². The lowest BCUT2D eigenvalue weighted by molar-refractivity contribution is 0.627. The maximum Gasteiger partial charge on any atom is 0.153 e. The molecular weight excluding hydrogens is 305 g/mol. The van der Waals surface area contributed by atoms with Crippen molar-refractivity contribution in [2.24, 2.45) is 5.84 Å². The summed E-state index contributed by atoms with van der Waals surface area (Å²) < 4.78 is 15.1. The fraction of sp³-hybridized carbons (Fsp3) is 0. The van der Waals surface area contributed by atoms with Gasteiger partial charge in [0.25, 0.3) is 0 Å². The summed E-state index contributed by atoms with van der Waals surface area (Å²) in [7, 11) is 0. The number of hydrazine groups is 1. The van der Waals surface area contributed by atoms with E-state index in [9.17, 15) is 4.39 Å². The maximum absolute atomic E-state index is 13.2. The van der Waals surface area contributed by atoms with E-state index in [1.54, 1.807) is 12.1 Å². The van der Waals surface area contributed by atoms with Gasteiger partial charge in [0.1, 0.15) is 12.1 Å². The second-order valence-electron chi connectivity index (χ2n) is 5.32. The van der Waals surface area contributed by atoms with Gasteiger partial charge in [-0.1, -0.05) is 30.3 Å². The highest BCUT2D eigenvalue weighted by Gasteiger charge is 2.16. The van der Waals surface area contributed by atoms with E-state index in [4.69, 9.17) is 5.84 Å². The molecule has 5 nitrogen and oxygen atoms in total. The van der Waals surface area contributed by atoms with Crippen LogP contribution < -0.4 is 11.3 Å². The zero-order valence-electron chi connectivity index (χ0n) is 12.6. The van der Waals surface area contributed by atoms with Gasteiger partial charge in [-0.2, -0.15) is 0 Å². The first kappa shape index (κ1) is 14.3. The van der Waals surface area contributed by atoms with E-state index in [2.05, 4.69) is 15.4 Å². The minimum Gasteiger partial charge on any atom is -0.308 e. The molecule has 24 heavy (non-hydrogen) atoms. The summed E-state index contributed by atoms with van der Waals surface area (Å²) in [5.41, 5.74) is 6.11. The van der Waals surface area contributed by atoms with Crippen molar-refractivity contribution in [1.82, 2.24) is 14.5 Å². The van der Waals surface area contributed by atoms with Gasteiger partial charge in [0.2, 0.25) is 0 Å². The summed E-state index contributed by atoms with van der Waals surface area (Å²) in [6, 6.07) is 16.2. The van der Waals surface area contributed by atoms with Crippen LogP contribution in [-0.4, -0.2) is 14.5 Å². The Hall–Kier alpha value is -3.25. The van der Waals surface area contributed by atoms with Crippen LogP contribution in [0.4, 0.5) is 10.2 Å². The number of anilines is 1. The number of fused-ring (bicyclic) bond motifs is 1. The Morgan fingerprint density at radius 1 is 0.958 bits per heavy atom. The summed E-state index contributed by atoms with van der Waals surface area (Å²) in [6.07, 6.45) is 3.41. The molecule has 0 aliphatic rings. The van der Waals surface area contributed by atoms with Crippen LogP contribution >= 0.6 is 0 Å². The van der Waals surface area contributed by atoms with Gasteiger partial charge in [-0.15, -0.1) is 0 Å². The monoisotopic (exact) mass is 319 g/mol. The number of nitrogen functional groups attached to an aromatic ring is 1. The van der Waals surface area contributed by atoms with Gasteiger partial charge in [-0.25, -0.2) is 20.2 Å². The first-order chi connectivity index (χ1) is 11.8. The van der Waals surface area contributed by atoms with Crippen LogP contribution in [-0.2, 0) is 0 Å². The van der Waals surface area contributed by atoms with Gasteiger partial charge < -0.3 is 9.99 Å². The van der Waals surface area contributed by atoms with Crippen molar-refractivity contribution in [2.75, 3.05) is 5.43 Å². The lowest BCUT2D eigenvalue weighted by atomic mass is 10.1. The number of hydrogen-bond donors (Lipinski definition) is 2. The van der Waals surface area contributed by atoms with Gasteiger partial charge in [-0.3, -0.25) is 0 Å². The Balaban J connectivity index is 2.04. The van der Waals surface area contributed by atoms with Crippen LogP contribution in [0.15, 0.2) is 67.1 Å². The van der Waals surface area contributed by atoms with E-state index in [-0.39, 0.29) is 5.82 Å². The van der Waals surface area contributed by atoms with Crippen molar-refractivity contribution in [3.05, 3.63) is 72.9 Å². The number of aromatic nitrogens is 3. The Labute approximate surface area is 137 Å². The van der Waals surface area contributed by atoms with Crippen molar-refractivity contribution in [2.45, 2.75) is 0 Å². The number of nitrogens with one attached hydrogen (secondary N) is 1. The van der Waals surface area contributed by atoms with Crippen molar-refractivity contribution < 1.29 is 4.39 Å². The molecule has 0 atom stereocenters. The molecule has 2 aromatic heterocycles. The zero-order valence-corrected chi connectivity index (χ0v) is 12.6. The molecule has 4 rings (SSSR count). The summed E-state index contributed by atoms with van der Waals surface area (Å²) in [4.78, 5) is 8.61. The molecule has 0 amide bonds. The van der Waals surface area contributed by atoms with Crippen LogP contribution in [0.1, 0.15) is 0 Å². The smallest absolute Gasteiger partial charge is 0.153 e. The first-order valence-corrected chi connectivity index (χ1v) is 7.42. The lowest BCUT2D eigenvalue weighted by Crippen LogP contribution is -2.09. The van der Waals surface area contributed by atoms with E-state index in [0.29, 0.717) is 11.5 Å². The normalized spacial score (nSPS) is 10.9. The topological polar surface area (TPSA) is 68.8 Å². The van der Waals surface area contributed by atoms with Gasteiger partial charge >= 0.3 is 0 Å². The van der Waals surface area contributed by atoms with Gasteiger partial charge in [0, 0.05) is 17.4 Å². The fourth-order valence-corrected chi connectivity index (χ4v) is 2.81. The zero-order chi connectivity index (χ0) is 16.5. The third-order valence-electron chi connectivity index (χ3n) is 3.91. The highest BCUT2D eigenvalue weighted by atomic mass is 19.1. The Kier molecular flexibility index (Phi) is 3.44. The Morgan fingerprint density at radius 2 is 1.71 bits per heavy atom. The van der Waals surface area contributed by atoms with Crippen molar-refractivity contribution in [3.63, 3.8) is 0 Å². The second kappa shape index (κ2) is 5.75. The van der Waals surface area contributed by atoms with Crippen molar-refractivity contribution >= 4 is 16.9 Å². The number of rotatable bonds is 3. The standard InChI is InChI=1S/C18H14FN5/c19-13-6-8-14(9-7-13)24-10-15(12-4-2-1-3-5-12)16-17(23-20)21-11-22-18(16)24/h1-11H,20H2,(H,21,22,23). The van der Waals surface area contributed by atoms with Crippen molar-refractivity contribution in [1.29, 1.82) is 0 Å². The molecule has 0 saturated carbocycles. The largest absolute Gasteiger partial charge is 0.308 e. The molecule has 2 aromatic carbocycles. The molecule has 0 fully saturated rings. The Bertz CT molecular complexity index is 993. The third kappa shape index (κ3) is 2.29. The molecule has 4 aromatic rings. The quantitative estimate of drug-likeness (QED) is 0.448. The summed E-state index contributed by atoms with van der Waals surface area (Å²) >= 11 is 0. The summed E-state index contributed by atoms with van der Waals surface area (Å²) in [5, 5.41) is 0.815.